The van der Waals surface area contributed by atoms with Crippen LogP contribution in [0.5, 0.6) is 11.6 Å². The van der Waals surface area contributed by atoms with E-state index in [2.05, 4.69) is 14.7 Å². The first-order valence-corrected chi connectivity index (χ1v) is 7.85. The number of aromatic nitrogens is 2. The Hall–Kier alpha value is -2.44. The zero-order valence-electron chi connectivity index (χ0n) is 12.0. The fourth-order valence-corrected chi connectivity index (χ4v) is 2.85. The smallest absolute Gasteiger partial charge is 0.339 e. The number of esters is 1. The van der Waals surface area contributed by atoms with Crippen LogP contribution in [0.15, 0.2) is 48.1 Å². The summed E-state index contributed by atoms with van der Waals surface area (Å²) in [5.41, 5.74) is 1.06. The third kappa shape index (κ3) is 3.49. The molecule has 23 heavy (non-hydrogen) atoms. The van der Waals surface area contributed by atoms with Gasteiger partial charge in [0.1, 0.15) is 12.1 Å². The average molecular weight is 347 g/mol. The molecule has 0 saturated carbocycles. The van der Waals surface area contributed by atoms with Crippen molar-refractivity contribution in [2.75, 3.05) is 7.11 Å². The highest BCUT2D eigenvalue weighted by atomic mass is 35.5. The molecule has 0 unspecified atom stereocenters. The fraction of sp³-hybridized carbons (Fsp3) is 0.0625. The number of thiophene rings is 1. The Morgan fingerprint density at radius 3 is 2.78 bits per heavy atom. The summed E-state index contributed by atoms with van der Waals surface area (Å²) >= 11 is 7.65. The van der Waals surface area contributed by atoms with Crippen molar-refractivity contribution in [3.05, 3.63) is 58.7 Å². The number of carbonyl (C=O) groups is 1. The van der Waals surface area contributed by atoms with Crippen LogP contribution >= 0.6 is 22.9 Å². The van der Waals surface area contributed by atoms with Crippen LogP contribution in [0.25, 0.3) is 10.6 Å². The molecule has 0 amide bonds. The molecule has 0 aliphatic rings. The van der Waals surface area contributed by atoms with E-state index in [0.29, 0.717) is 11.6 Å². The van der Waals surface area contributed by atoms with Crippen molar-refractivity contribution >= 4 is 28.9 Å². The first-order valence-electron chi connectivity index (χ1n) is 6.59. The van der Waals surface area contributed by atoms with Crippen LogP contribution < -0.4 is 4.74 Å². The average Bonchev–Trinajstić information content (AvgIpc) is 3.09. The van der Waals surface area contributed by atoms with Crippen molar-refractivity contribution in [3.63, 3.8) is 0 Å². The lowest BCUT2D eigenvalue weighted by Crippen LogP contribution is -2.02. The molecule has 0 spiro atoms. The number of hydrogen-bond donors (Lipinski definition) is 0. The predicted octanol–water partition coefficient (Wildman–Crippen LogP) is 4.44. The summed E-state index contributed by atoms with van der Waals surface area (Å²) in [4.78, 5) is 20.8. The van der Waals surface area contributed by atoms with Gasteiger partial charge in [-0.3, -0.25) is 0 Å². The Kier molecular flexibility index (Phi) is 4.55. The summed E-state index contributed by atoms with van der Waals surface area (Å²) in [7, 11) is 1.30. The van der Waals surface area contributed by atoms with Crippen LogP contribution in [0.1, 0.15) is 10.4 Å². The van der Waals surface area contributed by atoms with Gasteiger partial charge in [-0.05, 0) is 23.6 Å². The van der Waals surface area contributed by atoms with Crippen molar-refractivity contribution in [1.29, 1.82) is 0 Å². The Balaban J connectivity index is 1.84. The van der Waals surface area contributed by atoms with E-state index in [4.69, 9.17) is 16.3 Å². The highest BCUT2D eigenvalue weighted by Gasteiger charge is 2.12. The van der Waals surface area contributed by atoms with Crippen molar-refractivity contribution in [1.82, 2.24) is 9.97 Å². The molecule has 0 aliphatic carbocycles. The molecule has 0 N–H and O–H groups in total. The molecule has 0 aliphatic heterocycles. The highest BCUT2D eigenvalue weighted by molar-refractivity contribution is 7.13. The molecule has 2 aromatic heterocycles. The highest BCUT2D eigenvalue weighted by Crippen LogP contribution is 2.29. The van der Waals surface area contributed by atoms with Gasteiger partial charge in [0.05, 0.1) is 28.3 Å². The summed E-state index contributed by atoms with van der Waals surface area (Å²) in [6, 6.07) is 10.4. The summed E-state index contributed by atoms with van der Waals surface area (Å²) in [6.45, 7) is 0. The molecule has 3 aromatic rings. The number of carbonyl (C=O) groups excluding carboxylic acids is 1. The SMILES string of the molecule is COC(=O)c1ccc(Oc2cc(-c3cccs3)ncn2)cc1Cl. The molecule has 7 heteroatoms. The maximum absolute atomic E-state index is 11.5. The Bertz CT molecular complexity index is 837. The normalized spacial score (nSPS) is 10.3. The zero-order valence-corrected chi connectivity index (χ0v) is 13.6. The lowest BCUT2D eigenvalue weighted by atomic mass is 10.2. The van der Waals surface area contributed by atoms with Crippen LogP contribution in [0, 0.1) is 0 Å². The van der Waals surface area contributed by atoms with Crippen molar-refractivity contribution in [2.45, 2.75) is 0 Å². The second-order valence-electron chi connectivity index (χ2n) is 4.45. The zero-order chi connectivity index (χ0) is 16.2. The van der Waals surface area contributed by atoms with Crippen LogP contribution in [0.2, 0.25) is 5.02 Å². The minimum atomic E-state index is -0.497. The summed E-state index contributed by atoms with van der Waals surface area (Å²) < 4.78 is 10.3. The van der Waals surface area contributed by atoms with Gasteiger partial charge in [0.15, 0.2) is 0 Å². The second kappa shape index (κ2) is 6.76. The molecule has 0 bridgehead atoms. The number of ether oxygens (including phenoxy) is 2. The van der Waals surface area contributed by atoms with Crippen molar-refractivity contribution < 1.29 is 14.3 Å². The van der Waals surface area contributed by atoms with E-state index in [1.807, 2.05) is 17.5 Å². The minimum absolute atomic E-state index is 0.252. The van der Waals surface area contributed by atoms with Gasteiger partial charge in [-0.1, -0.05) is 17.7 Å². The van der Waals surface area contributed by atoms with E-state index in [0.717, 1.165) is 10.6 Å². The van der Waals surface area contributed by atoms with E-state index in [1.54, 1.807) is 35.6 Å². The van der Waals surface area contributed by atoms with Crippen molar-refractivity contribution in [3.8, 4) is 22.2 Å². The predicted molar refractivity (Wildman–Crippen MR) is 88.2 cm³/mol. The minimum Gasteiger partial charge on any atom is -0.465 e. The van der Waals surface area contributed by atoms with Gasteiger partial charge in [-0.2, -0.15) is 0 Å². The second-order valence-corrected chi connectivity index (χ2v) is 5.81. The molecular weight excluding hydrogens is 336 g/mol. The van der Waals surface area contributed by atoms with E-state index in [9.17, 15) is 4.79 Å². The summed E-state index contributed by atoms with van der Waals surface area (Å²) in [6.07, 6.45) is 1.44. The van der Waals surface area contributed by atoms with Crippen LogP contribution in [0.4, 0.5) is 0 Å². The molecule has 116 valence electrons. The number of halogens is 1. The first-order chi connectivity index (χ1) is 11.2. The van der Waals surface area contributed by atoms with E-state index in [1.165, 1.54) is 13.4 Å². The molecule has 3 rings (SSSR count). The largest absolute Gasteiger partial charge is 0.465 e. The maximum Gasteiger partial charge on any atom is 0.339 e. The van der Waals surface area contributed by atoms with Gasteiger partial charge >= 0.3 is 5.97 Å². The molecule has 0 fully saturated rings. The van der Waals surface area contributed by atoms with Gasteiger partial charge in [0.25, 0.3) is 0 Å². The third-order valence-electron chi connectivity index (χ3n) is 2.98. The van der Waals surface area contributed by atoms with Crippen LogP contribution in [-0.4, -0.2) is 23.0 Å². The lowest BCUT2D eigenvalue weighted by Gasteiger charge is -2.07. The lowest BCUT2D eigenvalue weighted by molar-refractivity contribution is 0.0601. The monoisotopic (exact) mass is 346 g/mol. The first kappa shape index (κ1) is 15.5. The number of benzene rings is 1. The molecule has 0 atom stereocenters. The van der Waals surface area contributed by atoms with Gasteiger partial charge in [0, 0.05) is 12.1 Å². The van der Waals surface area contributed by atoms with Gasteiger partial charge in [-0.15, -0.1) is 11.3 Å². The Morgan fingerprint density at radius 2 is 2.09 bits per heavy atom. The molecule has 5 nitrogen and oxygen atoms in total. The van der Waals surface area contributed by atoms with E-state index >= 15 is 0 Å². The molecule has 0 radical (unpaired) electrons. The molecule has 2 heterocycles. The van der Waals surface area contributed by atoms with E-state index < -0.39 is 5.97 Å². The fourth-order valence-electron chi connectivity index (χ4n) is 1.91. The third-order valence-corrected chi connectivity index (χ3v) is 4.19. The van der Waals surface area contributed by atoms with Crippen LogP contribution in [-0.2, 0) is 4.74 Å². The Labute approximate surface area is 141 Å². The maximum atomic E-state index is 11.5. The standard InChI is InChI=1S/C16H11ClN2O3S/c1-21-16(20)11-5-4-10(7-12(11)17)22-15-8-13(18-9-19-15)14-3-2-6-23-14/h2-9H,1H3. The molecule has 0 saturated heterocycles. The Morgan fingerprint density at radius 1 is 1.22 bits per heavy atom. The topological polar surface area (TPSA) is 61.3 Å². The quantitative estimate of drug-likeness (QED) is 0.654. The summed E-state index contributed by atoms with van der Waals surface area (Å²) in [5, 5.41) is 2.23. The van der Waals surface area contributed by atoms with Gasteiger partial charge in [0.2, 0.25) is 5.88 Å². The number of methoxy groups -OCH3 is 1. The number of rotatable bonds is 4. The van der Waals surface area contributed by atoms with Gasteiger partial charge < -0.3 is 9.47 Å². The van der Waals surface area contributed by atoms with Crippen molar-refractivity contribution in [2.24, 2.45) is 0 Å². The molecular formula is C16H11ClN2O3S. The number of nitrogens with zero attached hydrogens (tertiary/aromatic N) is 2. The van der Waals surface area contributed by atoms with Crippen LogP contribution in [0.3, 0.4) is 0 Å². The summed E-state index contributed by atoms with van der Waals surface area (Å²) in [5.74, 6) is 0.368. The number of hydrogen-bond acceptors (Lipinski definition) is 6. The molecule has 1 aromatic carbocycles. The van der Waals surface area contributed by atoms with E-state index in [-0.39, 0.29) is 10.6 Å². The van der Waals surface area contributed by atoms with Gasteiger partial charge in [-0.25, -0.2) is 14.8 Å².